The third kappa shape index (κ3) is 2.44. The highest BCUT2D eigenvalue weighted by Crippen LogP contribution is 2.33. The summed E-state index contributed by atoms with van der Waals surface area (Å²) in [5.41, 5.74) is 1.56. The standard InChI is InChI=1S/C14H9Cl2N/c15-13-7-3-1-5-10(13)12(9-17)11-6-2-4-8-14(11)16/h1-8,12H. The highest BCUT2D eigenvalue weighted by molar-refractivity contribution is 6.32. The molecule has 2 aromatic rings. The van der Waals surface area contributed by atoms with Crippen molar-refractivity contribution in [3.05, 3.63) is 69.7 Å². The fraction of sp³-hybridized carbons (Fsp3) is 0.0714. The summed E-state index contributed by atoms with van der Waals surface area (Å²) >= 11 is 12.2. The van der Waals surface area contributed by atoms with E-state index in [2.05, 4.69) is 6.07 Å². The fourth-order valence-electron chi connectivity index (χ4n) is 1.73. The highest BCUT2D eigenvalue weighted by Gasteiger charge is 2.18. The van der Waals surface area contributed by atoms with Gasteiger partial charge in [0.1, 0.15) is 0 Å². The maximum atomic E-state index is 9.31. The summed E-state index contributed by atoms with van der Waals surface area (Å²) < 4.78 is 0. The second-order valence-electron chi connectivity index (χ2n) is 3.61. The van der Waals surface area contributed by atoms with Gasteiger partial charge in [0.15, 0.2) is 0 Å². The third-order valence-electron chi connectivity index (χ3n) is 2.56. The molecule has 0 unspecified atom stereocenters. The van der Waals surface area contributed by atoms with Gasteiger partial charge in [0.25, 0.3) is 0 Å². The predicted octanol–water partition coefficient (Wildman–Crippen LogP) is 4.65. The highest BCUT2D eigenvalue weighted by atomic mass is 35.5. The molecule has 0 heterocycles. The first kappa shape index (κ1) is 12.0. The minimum Gasteiger partial charge on any atom is -0.197 e. The fourth-order valence-corrected chi connectivity index (χ4v) is 2.21. The van der Waals surface area contributed by atoms with Gasteiger partial charge < -0.3 is 0 Å². The Balaban J connectivity index is 2.53. The Labute approximate surface area is 110 Å². The van der Waals surface area contributed by atoms with E-state index in [4.69, 9.17) is 23.2 Å². The average Bonchev–Trinajstić information content (AvgIpc) is 2.34. The maximum absolute atomic E-state index is 9.31. The summed E-state index contributed by atoms with van der Waals surface area (Å²) in [6.07, 6.45) is 0. The first-order chi connectivity index (χ1) is 8.24. The van der Waals surface area contributed by atoms with E-state index in [1.807, 2.05) is 36.4 Å². The Kier molecular flexibility index (Phi) is 3.68. The van der Waals surface area contributed by atoms with Gasteiger partial charge in [0, 0.05) is 10.0 Å². The van der Waals surface area contributed by atoms with Crippen LogP contribution in [0.3, 0.4) is 0 Å². The first-order valence-corrected chi connectivity index (χ1v) is 5.88. The smallest absolute Gasteiger partial charge is 0.0991 e. The van der Waals surface area contributed by atoms with Crippen LogP contribution in [0.4, 0.5) is 0 Å². The van der Waals surface area contributed by atoms with Gasteiger partial charge >= 0.3 is 0 Å². The molecule has 1 nitrogen and oxygen atoms in total. The molecule has 3 heteroatoms. The molecule has 0 saturated heterocycles. The van der Waals surface area contributed by atoms with Gasteiger partial charge in [0.05, 0.1) is 12.0 Å². The van der Waals surface area contributed by atoms with E-state index >= 15 is 0 Å². The van der Waals surface area contributed by atoms with E-state index in [1.165, 1.54) is 0 Å². The summed E-state index contributed by atoms with van der Waals surface area (Å²) in [4.78, 5) is 0. The number of nitrogens with zero attached hydrogens (tertiary/aromatic N) is 1. The van der Waals surface area contributed by atoms with Gasteiger partial charge in [-0.1, -0.05) is 59.6 Å². The van der Waals surface area contributed by atoms with Gasteiger partial charge in [-0.3, -0.25) is 0 Å². The average molecular weight is 262 g/mol. The second kappa shape index (κ2) is 5.23. The van der Waals surface area contributed by atoms with Crippen LogP contribution in [-0.2, 0) is 0 Å². The molecule has 2 rings (SSSR count). The topological polar surface area (TPSA) is 23.8 Å². The van der Waals surface area contributed by atoms with Crippen LogP contribution in [0.2, 0.25) is 10.0 Å². The molecule has 0 N–H and O–H groups in total. The van der Waals surface area contributed by atoms with E-state index in [-0.39, 0.29) is 0 Å². The van der Waals surface area contributed by atoms with Gasteiger partial charge in [-0.05, 0) is 23.3 Å². The van der Waals surface area contributed by atoms with Crippen molar-refractivity contribution in [2.45, 2.75) is 5.92 Å². The van der Waals surface area contributed by atoms with Crippen LogP contribution in [0.25, 0.3) is 0 Å². The molecule has 0 amide bonds. The van der Waals surface area contributed by atoms with Crippen molar-refractivity contribution in [2.24, 2.45) is 0 Å². The van der Waals surface area contributed by atoms with Gasteiger partial charge in [-0.2, -0.15) is 5.26 Å². The monoisotopic (exact) mass is 261 g/mol. The molecule has 0 radical (unpaired) electrons. The van der Waals surface area contributed by atoms with Gasteiger partial charge in [-0.25, -0.2) is 0 Å². The molecule has 17 heavy (non-hydrogen) atoms. The number of hydrogen-bond donors (Lipinski definition) is 0. The molecular weight excluding hydrogens is 253 g/mol. The number of halogens is 2. The van der Waals surface area contributed by atoms with E-state index in [9.17, 15) is 5.26 Å². The Morgan fingerprint density at radius 3 is 1.59 bits per heavy atom. The van der Waals surface area contributed by atoms with Crippen LogP contribution in [0.5, 0.6) is 0 Å². The van der Waals surface area contributed by atoms with E-state index in [1.54, 1.807) is 12.1 Å². The minimum absolute atomic E-state index is 0.433. The van der Waals surface area contributed by atoms with Crippen molar-refractivity contribution in [3.63, 3.8) is 0 Å². The molecule has 0 aliphatic heterocycles. The molecule has 2 aromatic carbocycles. The first-order valence-electron chi connectivity index (χ1n) is 5.12. The Bertz CT molecular complexity index is 527. The number of hydrogen-bond acceptors (Lipinski definition) is 1. The van der Waals surface area contributed by atoms with Crippen molar-refractivity contribution in [1.29, 1.82) is 5.26 Å². The molecule has 0 aromatic heterocycles. The van der Waals surface area contributed by atoms with Gasteiger partial charge in [-0.15, -0.1) is 0 Å². The second-order valence-corrected chi connectivity index (χ2v) is 4.42. The molecule has 0 aliphatic rings. The van der Waals surface area contributed by atoms with Crippen LogP contribution in [0.15, 0.2) is 48.5 Å². The lowest BCUT2D eigenvalue weighted by molar-refractivity contribution is 1.04. The molecule has 0 bridgehead atoms. The summed E-state index contributed by atoms with van der Waals surface area (Å²) in [5, 5.41) is 10.5. The van der Waals surface area contributed by atoms with Crippen molar-refractivity contribution in [3.8, 4) is 6.07 Å². The summed E-state index contributed by atoms with van der Waals surface area (Å²) in [5.74, 6) is -0.433. The van der Waals surface area contributed by atoms with Crippen molar-refractivity contribution in [1.82, 2.24) is 0 Å². The molecule has 0 spiro atoms. The summed E-state index contributed by atoms with van der Waals surface area (Å²) in [7, 11) is 0. The lowest BCUT2D eigenvalue weighted by Crippen LogP contribution is -1.99. The van der Waals surface area contributed by atoms with Crippen LogP contribution in [-0.4, -0.2) is 0 Å². The maximum Gasteiger partial charge on any atom is 0.0991 e. The minimum atomic E-state index is -0.433. The Morgan fingerprint density at radius 1 is 0.824 bits per heavy atom. The Morgan fingerprint density at radius 2 is 1.24 bits per heavy atom. The lowest BCUT2D eigenvalue weighted by atomic mass is 9.92. The van der Waals surface area contributed by atoms with Crippen LogP contribution in [0.1, 0.15) is 17.0 Å². The van der Waals surface area contributed by atoms with Crippen LogP contribution >= 0.6 is 23.2 Å². The van der Waals surface area contributed by atoms with Crippen molar-refractivity contribution in [2.75, 3.05) is 0 Å². The van der Waals surface area contributed by atoms with Gasteiger partial charge in [0.2, 0.25) is 0 Å². The third-order valence-corrected chi connectivity index (χ3v) is 3.25. The summed E-state index contributed by atoms with van der Waals surface area (Å²) in [6.45, 7) is 0. The zero-order valence-corrected chi connectivity index (χ0v) is 10.4. The number of rotatable bonds is 2. The molecule has 0 fully saturated rings. The zero-order valence-electron chi connectivity index (χ0n) is 8.90. The van der Waals surface area contributed by atoms with Crippen LogP contribution < -0.4 is 0 Å². The lowest BCUT2D eigenvalue weighted by Gasteiger charge is -2.12. The van der Waals surface area contributed by atoms with E-state index in [0.29, 0.717) is 10.0 Å². The predicted molar refractivity (Wildman–Crippen MR) is 70.4 cm³/mol. The van der Waals surface area contributed by atoms with Crippen LogP contribution in [0, 0.1) is 11.3 Å². The largest absolute Gasteiger partial charge is 0.197 e. The normalized spacial score (nSPS) is 10.2. The molecule has 84 valence electrons. The zero-order chi connectivity index (χ0) is 12.3. The van der Waals surface area contributed by atoms with Crippen molar-refractivity contribution < 1.29 is 0 Å². The molecular formula is C14H9Cl2N. The molecule has 0 aliphatic carbocycles. The summed E-state index contributed by atoms with van der Waals surface area (Å²) in [6, 6.07) is 16.9. The quantitative estimate of drug-likeness (QED) is 0.772. The SMILES string of the molecule is N#CC(c1ccccc1Cl)c1ccccc1Cl. The van der Waals surface area contributed by atoms with E-state index < -0.39 is 5.92 Å². The van der Waals surface area contributed by atoms with Crippen molar-refractivity contribution >= 4 is 23.2 Å². The van der Waals surface area contributed by atoms with E-state index in [0.717, 1.165) is 11.1 Å². The number of benzene rings is 2. The number of nitriles is 1. The molecule has 0 atom stereocenters. The molecule has 0 saturated carbocycles. The Hall–Kier alpha value is -1.49.